The van der Waals surface area contributed by atoms with Crippen molar-refractivity contribution < 1.29 is 23.8 Å². The summed E-state index contributed by atoms with van der Waals surface area (Å²) in [6, 6.07) is 13.1. The number of amides is 1. The highest BCUT2D eigenvalue weighted by Crippen LogP contribution is 2.25. The maximum absolute atomic E-state index is 12.2. The van der Waals surface area contributed by atoms with E-state index in [-0.39, 0.29) is 12.2 Å². The molecule has 0 unspecified atom stereocenters. The van der Waals surface area contributed by atoms with Crippen molar-refractivity contribution in [2.45, 2.75) is 19.4 Å². The first-order valence-electron chi connectivity index (χ1n) is 8.16. The number of hydrogen-bond donors (Lipinski definition) is 2. The largest absolute Gasteiger partial charge is 0.508 e. The fourth-order valence-electron chi connectivity index (χ4n) is 2.58. The van der Waals surface area contributed by atoms with Crippen molar-refractivity contribution in [3.63, 3.8) is 0 Å². The summed E-state index contributed by atoms with van der Waals surface area (Å²) in [6.45, 7) is 1.45. The second-order valence-electron chi connectivity index (χ2n) is 5.90. The van der Waals surface area contributed by atoms with E-state index in [1.165, 1.54) is 25.3 Å². The van der Waals surface area contributed by atoms with Gasteiger partial charge in [0.05, 0.1) is 23.9 Å². The number of rotatable bonds is 5. The van der Waals surface area contributed by atoms with Crippen LogP contribution in [0.5, 0.6) is 5.75 Å². The van der Waals surface area contributed by atoms with E-state index in [1.807, 2.05) is 6.07 Å². The molecule has 0 aliphatic carbocycles. The Balaban J connectivity index is 1.63. The van der Waals surface area contributed by atoms with Gasteiger partial charge in [-0.2, -0.15) is 5.26 Å². The molecule has 0 aliphatic rings. The number of ether oxygens (including phenoxy) is 1. The number of carbonyl (C=O) groups excluding carboxylic acids is 2. The van der Waals surface area contributed by atoms with Crippen molar-refractivity contribution in [1.82, 2.24) is 0 Å². The molecule has 27 heavy (non-hydrogen) atoms. The summed E-state index contributed by atoms with van der Waals surface area (Å²) in [6.07, 6.45) is 0.301. The molecule has 7 nitrogen and oxygen atoms in total. The Hall–Kier alpha value is -3.79. The van der Waals surface area contributed by atoms with Crippen LogP contribution < -0.4 is 5.32 Å². The number of esters is 1. The normalized spacial score (nSPS) is 11.6. The van der Waals surface area contributed by atoms with Crippen LogP contribution in [0.2, 0.25) is 0 Å². The monoisotopic (exact) mass is 364 g/mol. The van der Waals surface area contributed by atoms with Gasteiger partial charge in [0.25, 0.3) is 5.91 Å². The van der Waals surface area contributed by atoms with Gasteiger partial charge in [-0.3, -0.25) is 9.59 Å². The summed E-state index contributed by atoms with van der Waals surface area (Å²) in [5.74, 6) is -1.07. The molecule has 1 amide bonds. The summed E-state index contributed by atoms with van der Waals surface area (Å²) in [4.78, 5) is 24.4. The third-order valence-electron chi connectivity index (χ3n) is 3.96. The van der Waals surface area contributed by atoms with Crippen molar-refractivity contribution in [3.8, 4) is 11.8 Å². The van der Waals surface area contributed by atoms with E-state index in [0.717, 1.165) is 0 Å². The van der Waals surface area contributed by atoms with E-state index in [9.17, 15) is 14.7 Å². The molecule has 3 rings (SSSR count). The SMILES string of the molecule is C[C@@H](OC(=O)Cc1coc2cc(O)ccc12)C(=O)Nc1ccccc1C#N. The average Bonchev–Trinajstić information content (AvgIpc) is 3.03. The summed E-state index contributed by atoms with van der Waals surface area (Å²) in [5.41, 5.74) is 1.72. The standard InChI is InChI=1S/C20H16N2O5/c1-12(20(25)22-17-5-3-2-4-13(17)10-21)27-19(24)8-14-11-26-18-9-15(23)6-7-16(14)18/h2-7,9,11-12,23H,8H2,1H3,(H,22,25)/t12-/m1/s1. The zero-order valence-corrected chi connectivity index (χ0v) is 14.4. The van der Waals surface area contributed by atoms with Gasteiger partial charge in [0, 0.05) is 17.0 Å². The molecule has 0 bridgehead atoms. The van der Waals surface area contributed by atoms with Crippen LogP contribution in [0.3, 0.4) is 0 Å². The smallest absolute Gasteiger partial charge is 0.311 e. The Morgan fingerprint density at radius 2 is 2.07 bits per heavy atom. The number of phenols is 1. The predicted octanol–water partition coefficient (Wildman–Crippen LogP) is 3.12. The second kappa shape index (κ2) is 7.62. The third-order valence-corrected chi connectivity index (χ3v) is 3.96. The van der Waals surface area contributed by atoms with Crippen molar-refractivity contribution in [2.24, 2.45) is 0 Å². The number of nitrogens with zero attached hydrogens (tertiary/aromatic N) is 1. The quantitative estimate of drug-likeness (QED) is 0.673. The van der Waals surface area contributed by atoms with Gasteiger partial charge < -0.3 is 19.6 Å². The van der Waals surface area contributed by atoms with Crippen molar-refractivity contribution in [3.05, 3.63) is 59.9 Å². The second-order valence-corrected chi connectivity index (χ2v) is 5.90. The number of carbonyl (C=O) groups is 2. The molecule has 0 saturated carbocycles. The van der Waals surface area contributed by atoms with Gasteiger partial charge in [-0.1, -0.05) is 12.1 Å². The molecule has 7 heteroatoms. The zero-order valence-electron chi connectivity index (χ0n) is 14.4. The first kappa shape index (κ1) is 18.0. The van der Waals surface area contributed by atoms with Gasteiger partial charge in [0.15, 0.2) is 6.10 Å². The Morgan fingerprint density at radius 3 is 2.85 bits per heavy atom. The number of benzene rings is 2. The molecule has 2 N–H and O–H groups in total. The highest BCUT2D eigenvalue weighted by Gasteiger charge is 2.20. The summed E-state index contributed by atoms with van der Waals surface area (Å²) in [5, 5.41) is 21.8. The van der Waals surface area contributed by atoms with Crippen LogP contribution in [0.25, 0.3) is 11.0 Å². The number of fused-ring (bicyclic) bond motifs is 1. The molecule has 1 aromatic heterocycles. The van der Waals surface area contributed by atoms with Crippen LogP contribution in [0.4, 0.5) is 5.69 Å². The maximum atomic E-state index is 12.2. The highest BCUT2D eigenvalue weighted by atomic mass is 16.5. The molecule has 1 atom stereocenters. The Morgan fingerprint density at radius 1 is 1.30 bits per heavy atom. The minimum atomic E-state index is -1.04. The lowest BCUT2D eigenvalue weighted by Crippen LogP contribution is -2.30. The summed E-state index contributed by atoms with van der Waals surface area (Å²) < 4.78 is 10.5. The number of aromatic hydroxyl groups is 1. The van der Waals surface area contributed by atoms with Crippen LogP contribution in [0.1, 0.15) is 18.1 Å². The molecule has 1 heterocycles. The van der Waals surface area contributed by atoms with Crippen molar-refractivity contribution >= 4 is 28.5 Å². The van der Waals surface area contributed by atoms with Gasteiger partial charge in [-0.15, -0.1) is 0 Å². The first-order chi connectivity index (χ1) is 13.0. The van der Waals surface area contributed by atoms with Crippen LogP contribution in [-0.2, 0) is 20.7 Å². The minimum Gasteiger partial charge on any atom is -0.508 e. The number of furan rings is 1. The molecule has 0 aliphatic heterocycles. The van der Waals surface area contributed by atoms with E-state index in [2.05, 4.69) is 5.32 Å². The van der Waals surface area contributed by atoms with E-state index < -0.39 is 18.0 Å². The molecule has 3 aromatic rings. The lowest BCUT2D eigenvalue weighted by Gasteiger charge is -2.14. The van der Waals surface area contributed by atoms with E-state index in [4.69, 9.17) is 14.4 Å². The molecule has 136 valence electrons. The summed E-state index contributed by atoms with van der Waals surface area (Å²) in [7, 11) is 0. The third kappa shape index (κ3) is 4.07. The van der Waals surface area contributed by atoms with E-state index >= 15 is 0 Å². The van der Waals surface area contributed by atoms with Crippen LogP contribution >= 0.6 is 0 Å². The highest BCUT2D eigenvalue weighted by molar-refractivity contribution is 5.96. The van der Waals surface area contributed by atoms with Gasteiger partial charge in [0.1, 0.15) is 17.4 Å². The maximum Gasteiger partial charge on any atom is 0.311 e. The number of phenolic OH excluding ortho intramolecular Hbond substituents is 1. The lowest BCUT2D eigenvalue weighted by molar-refractivity contribution is -0.152. The molecule has 0 spiro atoms. The average molecular weight is 364 g/mol. The molecule has 0 radical (unpaired) electrons. The molecule has 0 fully saturated rings. The summed E-state index contributed by atoms with van der Waals surface area (Å²) >= 11 is 0. The number of hydrogen-bond acceptors (Lipinski definition) is 6. The Labute approximate surface area is 154 Å². The number of nitrogens with one attached hydrogen (secondary N) is 1. The minimum absolute atomic E-state index is 0.0638. The fourth-order valence-corrected chi connectivity index (χ4v) is 2.58. The number of anilines is 1. The lowest BCUT2D eigenvalue weighted by atomic mass is 10.1. The van der Waals surface area contributed by atoms with Crippen LogP contribution in [-0.4, -0.2) is 23.1 Å². The molecule has 2 aromatic carbocycles. The van der Waals surface area contributed by atoms with Gasteiger partial charge >= 0.3 is 5.97 Å². The fraction of sp³-hybridized carbons (Fsp3) is 0.150. The Kier molecular flexibility index (Phi) is 5.08. The zero-order chi connectivity index (χ0) is 19.4. The van der Waals surface area contributed by atoms with Crippen molar-refractivity contribution in [1.29, 1.82) is 5.26 Å². The van der Waals surface area contributed by atoms with E-state index in [1.54, 1.807) is 30.3 Å². The first-order valence-corrected chi connectivity index (χ1v) is 8.16. The van der Waals surface area contributed by atoms with Gasteiger partial charge in [-0.05, 0) is 31.2 Å². The van der Waals surface area contributed by atoms with Gasteiger partial charge in [0.2, 0.25) is 0 Å². The Bertz CT molecular complexity index is 1050. The predicted molar refractivity (Wildman–Crippen MR) is 96.9 cm³/mol. The molecule has 0 saturated heterocycles. The molecular formula is C20H16N2O5. The topological polar surface area (TPSA) is 113 Å². The van der Waals surface area contributed by atoms with Gasteiger partial charge in [-0.25, -0.2) is 0 Å². The van der Waals surface area contributed by atoms with Crippen LogP contribution in [0, 0.1) is 11.3 Å². The van der Waals surface area contributed by atoms with Crippen molar-refractivity contribution in [2.75, 3.05) is 5.32 Å². The number of para-hydroxylation sites is 1. The van der Waals surface area contributed by atoms with Crippen LogP contribution in [0.15, 0.2) is 53.1 Å². The molecular weight excluding hydrogens is 348 g/mol. The van der Waals surface area contributed by atoms with E-state index in [0.29, 0.717) is 27.8 Å². The number of nitriles is 1.